The summed E-state index contributed by atoms with van der Waals surface area (Å²) in [5.41, 5.74) is 0.940. The molecule has 18 heavy (non-hydrogen) atoms. The summed E-state index contributed by atoms with van der Waals surface area (Å²) in [7, 11) is -3.58. The van der Waals surface area contributed by atoms with Crippen molar-refractivity contribution in [3.8, 4) is 0 Å². The third kappa shape index (κ3) is 3.97. The average molecular weight is 269 g/mol. The fourth-order valence-corrected chi connectivity index (χ4v) is 2.28. The molecule has 0 aromatic heterocycles. The third-order valence-electron chi connectivity index (χ3n) is 2.35. The molecule has 0 aliphatic rings. The van der Waals surface area contributed by atoms with Crippen LogP contribution < -0.4 is 4.72 Å². The van der Waals surface area contributed by atoms with Crippen molar-refractivity contribution in [1.29, 1.82) is 0 Å². The van der Waals surface area contributed by atoms with E-state index >= 15 is 0 Å². The molecule has 1 aromatic carbocycles. The van der Waals surface area contributed by atoms with Gasteiger partial charge in [-0.15, -0.1) is 0 Å². The first-order valence-corrected chi connectivity index (χ1v) is 6.78. The Morgan fingerprint density at radius 2 is 1.89 bits per heavy atom. The number of carboxylic acid groups (broad SMARTS) is 1. The molecule has 98 valence electrons. The minimum absolute atomic E-state index is 0.0152. The molecule has 0 atom stereocenters. The highest BCUT2D eigenvalue weighted by Gasteiger charge is 2.13. The molecule has 6 heteroatoms. The van der Waals surface area contributed by atoms with Crippen LogP contribution in [0.15, 0.2) is 41.3 Å². The van der Waals surface area contributed by atoms with Crippen LogP contribution in [-0.2, 0) is 14.8 Å². The maximum atomic E-state index is 11.8. The minimum Gasteiger partial charge on any atom is -0.478 e. The smallest absolute Gasteiger partial charge is 0.331 e. The van der Waals surface area contributed by atoms with Gasteiger partial charge in [0.05, 0.1) is 4.90 Å². The van der Waals surface area contributed by atoms with E-state index in [0.29, 0.717) is 0 Å². The zero-order valence-electron chi connectivity index (χ0n) is 10.0. The van der Waals surface area contributed by atoms with Gasteiger partial charge in [-0.2, -0.15) is 0 Å². The first-order chi connectivity index (χ1) is 8.33. The van der Waals surface area contributed by atoms with Crippen LogP contribution in [0.1, 0.15) is 12.0 Å². The van der Waals surface area contributed by atoms with E-state index in [0.717, 1.165) is 5.56 Å². The van der Waals surface area contributed by atoms with Crippen molar-refractivity contribution in [2.24, 2.45) is 0 Å². The molecule has 1 rings (SSSR count). The maximum Gasteiger partial charge on any atom is 0.331 e. The van der Waals surface area contributed by atoms with Gasteiger partial charge in [-0.3, -0.25) is 0 Å². The summed E-state index contributed by atoms with van der Waals surface area (Å²) < 4.78 is 25.9. The van der Waals surface area contributed by atoms with E-state index < -0.39 is 16.0 Å². The van der Waals surface area contributed by atoms with Gasteiger partial charge in [0.1, 0.15) is 0 Å². The van der Waals surface area contributed by atoms with E-state index in [1.165, 1.54) is 12.1 Å². The van der Waals surface area contributed by atoms with Crippen LogP contribution in [0.3, 0.4) is 0 Å². The lowest BCUT2D eigenvalue weighted by molar-refractivity contribution is -0.132. The Morgan fingerprint density at radius 3 is 2.39 bits per heavy atom. The van der Waals surface area contributed by atoms with E-state index in [4.69, 9.17) is 5.11 Å². The largest absolute Gasteiger partial charge is 0.478 e. The van der Waals surface area contributed by atoms with Crippen LogP contribution in [-0.4, -0.2) is 26.0 Å². The SMILES string of the molecule is C=C(CCNS(=O)(=O)c1ccc(C)cc1)C(=O)O. The summed E-state index contributed by atoms with van der Waals surface area (Å²) >= 11 is 0. The second-order valence-electron chi connectivity index (χ2n) is 3.87. The Bertz CT molecular complexity index is 546. The van der Waals surface area contributed by atoms with Gasteiger partial charge in [0.25, 0.3) is 0 Å². The Morgan fingerprint density at radius 1 is 1.33 bits per heavy atom. The second kappa shape index (κ2) is 5.79. The lowest BCUT2D eigenvalue weighted by atomic mass is 10.2. The molecule has 0 aliphatic heterocycles. The van der Waals surface area contributed by atoms with Crippen LogP contribution in [0.4, 0.5) is 0 Å². The van der Waals surface area contributed by atoms with Crippen LogP contribution in [0.5, 0.6) is 0 Å². The van der Waals surface area contributed by atoms with Gasteiger partial charge in [0.15, 0.2) is 0 Å². The number of carboxylic acids is 1. The van der Waals surface area contributed by atoms with Crippen molar-refractivity contribution in [3.05, 3.63) is 42.0 Å². The quantitative estimate of drug-likeness (QED) is 0.763. The van der Waals surface area contributed by atoms with Crippen LogP contribution in [0.25, 0.3) is 0 Å². The molecule has 0 saturated heterocycles. The molecule has 5 nitrogen and oxygen atoms in total. The lowest BCUT2D eigenvalue weighted by Crippen LogP contribution is -2.25. The standard InChI is InChI=1S/C12H15NO4S/c1-9-3-5-11(6-4-9)18(16,17)13-8-7-10(2)12(14)15/h3-6,13H,2,7-8H2,1H3,(H,14,15). The van der Waals surface area contributed by atoms with Gasteiger partial charge in [-0.1, -0.05) is 24.3 Å². The van der Waals surface area contributed by atoms with Crippen LogP contribution in [0.2, 0.25) is 0 Å². The fraction of sp³-hybridized carbons (Fsp3) is 0.250. The molecular formula is C12H15NO4S. The molecular weight excluding hydrogens is 254 g/mol. The van der Waals surface area contributed by atoms with Gasteiger partial charge in [0.2, 0.25) is 10.0 Å². The number of aryl methyl sites for hydroxylation is 1. The van der Waals surface area contributed by atoms with Crippen molar-refractivity contribution in [3.63, 3.8) is 0 Å². The molecule has 0 spiro atoms. The summed E-state index contributed by atoms with van der Waals surface area (Å²) in [6.07, 6.45) is 0.0699. The number of hydrogen-bond acceptors (Lipinski definition) is 3. The highest BCUT2D eigenvalue weighted by Crippen LogP contribution is 2.10. The molecule has 0 bridgehead atoms. The summed E-state index contributed by atoms with van der Waals surface area (Å²) in [6.45, 7) is 5.20. The summed E-state index contributed by atoms with van der Waals surface area (Å²) in [5.74, 6) is -1.12. The summed E-state index contributed by atoms with van der Waals surface area (Å²) in [6, 6.07) is 6.41. The molecule has 0 amide bonds. The third-order valence-corrected chi connectivity index (χ3v) is 3.83. The van der Waals surface area contributed by atoms with Gasteiger partial charge >= 0.3 is 5.97 Å². The topological polar surface area (TPSA) is 83.5 Å². The van der Waals surface area contributed by atoms with Crippen molar-refractivity contribution >= 4 is 16.0 Å². The van der Waals surface area contributed by atoms with Gasteiger partial charge in [-0.05, 0) is 25.5 Å². The van der Waals surface area contributed by atoms with E-state index in [2.05, 4.69) is 11.3 Å². The van der Waals surface area contributed by atoms with Gasteiger partial charge in [-0.25, -0.2) is 17.9 Å². The molecule has 0 aliphatic carbocycles. The van der Waals surface area contributed by atoms with Gasteiger partial charge in [0, 0.05) is 12.1 Å². The number of hydrogen-bond donors (Lipinski definition) is 2. The molecule has 0 heterocycles. The van der Waals surface area contributed by atoms with E-state index in [1.807, 2.05) is 6.92 Å². The highest BCUT2D eigenvalue weighted by molar-refractivity contribution is 7.89. The number of sulfonamides is 1. The van der Waals surface area contributed by atoms with Crippen molar-refractivity contribution in [1.82, 2.24) is 4.72 Å². The lowest BCUT2D eigenvalue weighted by Gasteiger charge is -2.06. The van der Waals surface area contributed by atoms with Crippen LogP contribution >= 0.6 is 0 Å². The molecule has 0 fully saturated rings. The Hall–Kier alpha value is -1.66. The maximum absolute atomic E-state index is 11.8. The van der Waals surface area contributed by atoms with E-state index in [1.54, 1.807) is 12.1 Å². The first kappa shape index (κ1) is 14.4. The molecule has 0 unspecified atom stereocenters. The zero-order chi connectivity index (χ0) is 13.8. The Kier molecular flexibility index (Phi) is 4.63. The van der Waals surface area contributed by atoms with E-state index in [9.17, 15) is 13.2 Å². The number of rotatable bonds is 6. The van der Waals surface area contributed by atoms with Gasteiger partial charge < -0.3 is 5.11 Å². The predicted octanol–water partition coefficient (Wildman–Crippen LogP) is 1.30. The normalized spacial score (nSPS) is 11.2. The number of aliphatic carboxylic acids is 1. The predicted molar refractivity (Wildman–Crippen MR) is 67.8 cm³/mol. The monoisotopic (exact) mass is 269 g/mol. The minimum atomic E-state index is -3.58. The highest BCUT2D eigenvalue weighted by atomic mass is 32.2. The molecule has 2 N–H and O–H groups in total. The first-order valence-electron chi connectivity index (χ1n) is 5.30. The second-order valence-corrected chi connectivity index (χ2v) is 5.64. The number of nitrogens with one attached hydrogen (secondary N) is 1. The molecule has 0 saturated carbocycles. The zero-order valence-corrected chi connectivity index (χ0v) is 10.8. The molecule has 0 radical (unpaired) electrons. The molecule has 1 aromatic rings. The Balaban J connectivity index is 2.63. The van der Waals surface area contributed by atoms with Crippen molar-refractivity contribution in [2.45, 2.75) is 18.2 Å². The summed E-state index contributed by atoms with van der Waals surface area (Å²) in [5, 5.41) is 8.58. The Labute approximate surface area is 106 Å². The van der Waals surface area contributed by atoms with Crippen molar-refractivity contribution in [2.75, 3.05) is 6.54 Å². The number of benzene rings is 1. The average Bonchev–Trinajstić information content (AvgIpc) is 2.29. The number of carbonyl (C=O) groups is 1. The summed E-state index contributed by atoms with van der Waals surface area (Å²) in [4.78, 5) is 10.6. The fourth-order valence-electron chi connectivity index (χ4n) is 1.24. The van der Waals surface area contributed by atoms with Crippen molar-refractivity contribution < 1.29 is 18.3 Å². The van der Waals surface area contributed by atoms with E-state index in [-0.39, 0.29) is 23.4 Å². The van der Waals surface area contributed by atoms with Crippen LogP contribution in [0, 0.1) is 6.92 Å².